The molecule has 28 heavy (non-hydrogen) atoms. The summed E-state index contributed by atoms with van der Waals surface area (Å²) in [6.45, 7) is 4.47. The fraction of sp³-hybridized carbons (Fsp3) is 0.250. The van der Waals surface area contributed by atoms with Gasteiger partial charge < -0.3 is 24.4 Å². The fourth-order valence-corrected chi connectivity index (χ4v) is 3.64. The normalized spacial score (nSPS) is 17.0. The van der Waals surface area contributed by atoms with E-state index in [0.717, 1.165) is 0 Å². The van der Waals surface area contributed by atoms with Crippen molar-refractivity contribution in [3.63, 3.8) is 0 Å². The van der Waals surface area contributed by atoms with E-state index >= 15 is 0 Å². The van der Waals surface area contributed by atoms with Crippen molar-refractivity contribution in [2.75, 3.05) is 0 Å². The van der Waals surface area contributed by atoms with Crippen LogP contribution in [-0.2, 0) is 11.3 Å². The maximum Gasteiger partial charge on any atom is 0.347 e. The summed E-state index contributed by atoms with van der Waals surface area (Å²) in [6, 6.07) is 1.51. The first-order valence-electron chi connectivity index (χ1n) is 8.48. The van der Waals surface area contributed by atoms with Gasteiger partial charge in [-0.25, -0.2) is 9.59 Å². The lowest BCUT2D eigenvalue weighted by molar-refractivity contribution is -0.0555. The maximum absolute atomic E-state index is 12.8. The van der Waals surface area contributed by atoms with Crippen molar-refractivity contribution in [3.8, 4) is 17.2 Å². The van der Waals surface area contributed by atoms with Crippen LogP contribution in [0.5, 0.6) is 17.2 Å². The third-order valence-corrected chi connectivity index (χ3v) is 5.16. The second kappa shape index (κ2) is 6.15. The van der Waals surface area contributed by atoms with E-state index in [0.29, 0.717) is 23.0 Å². The Balaban J connectivity index is 2.09. The molecule has 0 bridgehead atoms. The van der Waals surface area contributed by atoms with Crippen molar-refractivity contribution in [3.05, 3.63) is 50.6 Å². The smallest absolute Gasteiger partial charge is 0.347 e. The molecule has 2 N–H and O–H groups in total. The maximum atomic E-state index is 12.8. The molecule has 0 fully saturated rings. The topological polar surface area (TPSA) is 119 Å². The van der Waals surface area contributed by atoms with Crippen LogP contribution in [0.1, 0.15) is 65.2 Å². The second-order valence-corrected chi connectivity index (χ2v) is 6.69. The number of benzene rings is 2. The quantitative estimate of drug-likeness (QED) is 0.460. The van der Waals surface area contributed by atoms with Gasteiger partial charge in [0.05, 0.1) is 23.3 Å². The zero-order valence-corrected chi connectivity index (χ0v) is 15.3. The largest absolute Gasteiger partial charge is 0.451 e. The first-order valence-corrected chi connectivity index (χ1v) is 8.48. The molecule has 0 spiro atoms. The van der Waals surface area contributed by atoms with Gasteiger partial charge in [-0.1, -0.05) is 6.07 Å². The van der Waals surface area contributed by atoms with E-state index in [1.165, 1.54) is 6.07 Å². The van der Waals surface area contributed by atoms with E-state index in [4.69, 9.17) is 14.2 Å². The third kappa shape index (κ3) is 2.28. The molecule has 0 saturated carbocycles. The highest BCUT2D eigenvalue weighted by molar-refractivity contribution is 6.02. The van der Waals surface area contributed by atoms with Gasteiger partial charge in [0.1, 0.15) is 5.56 Å². The Morgan fingerprint density at radius 2 is 1.71 bits per heavy atom. The van der Waals surface area contributed by atoms with E-state index in [2.05, 4.69) is 0 Å². The zero-order chi connectivity index (χ0) is 20.3. The number of aldehydes is 1. The summed E-state index contributed by atoms with van der Waals surface area (Å²) in [5.74, 6) is -1.60. The van der Waals surface area contributed by atoms with Crippen LogP contribution >= 0.6 is 0 Å². The summed E-state index contributed by atoms with van der Waals surface area (Å²) in [7, 11) is 0. The summed E-state index contributed by atoms with van der Waals surface area (Å²) in [5.41, 5.74) is 1.85. The average Bonchev–Trinajstić information content (AvgIpc) is 2.85. The van der Waals surface area contributed by atoms with Gasteiger partial charge in [0.25, 0.3) is 0 Å². The SMILES string of the molecule is Cc1cc(CO)c(C=O)c2c1C(=O)Oc1c(C)c(C)c3c(c1O2)C(O)OC3=O. The molecule has 1 atom stereocenters. The van der Waals surface area contributed by atoms with Crippen molar-refractivity contribution in [2.24, 2.45) is 0 Å². The molecule has 0 aliphatic carbocycles. The number of carbonyl (C=O) groups excluding carboxylic acids is 3. The highest BCUT2D eigenvalue weighted by Crippen LogP contribution is 2.51. The molecule has 2 aliphatic rings. The van der Waals surface area contributed by atoms with Crippen LogP contribution in [0.3, 0.4) is 0 Å². The molecule has 2 heterocycles. The summed E-state index contributed by atoms with van der Waals surface area (Å²) < 4.78 is 16.4. The molecule has 1 unspecified atom stereocenters. The number of fused-ring (bicyclic) bond motifs is 4. The highest BCUT2D eigenvalue weighted by atomic mass is 16.6. The monoisotopic (exact) mass is 384 g/mol. The minimum Gasteiger partial charge on any atom is -0.451 e. The zero-order valence-electron chi connectivity index (χ0n) is 15.3. The lowest BCUT2D eigenvalue weighted by atomic mass is 9.96. The number of esters is 2. The van der Waals surface area contributed by atoms with Gasteiger partial charge in [-0.05, 0) is 43.0 Å². The first kappa shape index (κ1) is 18.1. The van der Waals surface area contributed by atoms with Crippen molar-refractivity contribution < 1.29 is 38.8 Å². The minimum absolute atomic E-state index is 0.0143. The van der Waals surface area contributed by atoms with Crippen LogP contribution in [0, 0.1) is 20.8 Å². The van der Waals surface area contributed by atoms with E-state index in [-0.39, 0.29) is 45.1 Å². The lowest BCUT2D eigenvalue weighted by Gasteiger charge is -2.17. The van der Waals surface area contributed by atoms with Gasteiger partial charge in [-0.15, -0.1) is 0 Å². The number of aryl methyl sites for hydroxylation is 1. The van der Waals surface area contributed by atoms with Gasteiger partial charge in [0.15, 0.2) is 23.5 Å². The van der Waals surface area contributed by atoms with E-state index in [9.17, 15) is 24.6 Å². The Kier molecular flexibility index (Phi) is 3.99. The summed E-state index contributed by atoms with van der Waals surface area (Å²) in [4.78, 5) is 36.7. The molecule has 2 aromatic carbocycles. The van der Waals surface area contributed by atoms with Gasteiger partial charge in [-0.3, -0.25) is 4.79 Å². The molecule has 0 radical (unpaired) electrons. The molecule has 8 heteroatoms. The second-order valence-electron chi connectivity index (χ2n) is 6.69. The van der Waals surface area contributed by atoms with Gasteiger partial charge in [0, 0.05) is 0 Å². The van der Waals surface area contributed by atoms with Crippen LogP contribution in [0.2, 0.25) is 0 Å². The number of ether oxygens (including phenoxy) is 3. The van der Waals surface area contributed by atoms with Gasteiger partial charge in [0.2, 0.25) is 6.29 Å². The Morgan fingerprint density at radius 3 is 2.36 bits per heavy atom. The summed E-state index contributed by atoms with van der Waals surface area (Å²) in [5, 5.41) is 19.8. The number of hydrogen-bond donors (Lipinski definition) is 2. The van der Waals surface area contributed by atoms with E-state index in [1.807, 2.05) is 0 Å². The molecule has 144 valence electrons. The third-order valence-electron chi connectivity index (χ3n) is 5.16. The van der Waals surface area contributed by atoms with Crippen molar-refractivity contribution >= 4 is 18.2 Å². The first-order chi connectivity index (χ1) is 13.3. The standard InChI is InChI=1S/C20H16O8/c1-7-4-10(5-21)11(6-22)16-12(7)18(23)27-15-9(3)8(2)13-14(17(15)26-16)20(25)28-19(13)24/h4,6,20-21,25H,5H2,1-3H3. The molecular weight excluding hydrogens is 368 g/mol. The fourth-order valence-electron chi connectivity index (χ4n) is 3.64. The van der Waals surface area contributed by atoms with Crippen LogP contribution in [-0.4, -0.2) is 28.4 Å². The average molecular weight is 384 g/mol. The molecule has 2 aromatic rings. The molecule has 8 nitrogen and oxygen atoms in total. The van der Waals surface area contributed by atoms with Crippen LogP contribution in [0.15, 0.2) is 6.07 Å². The van der Waals surface area contributed by atoms with Crippen molar-refractivity contribution in [1.29, 1.82) is 0 Å². The Morgan fingerprint density at radius 1 is 1.00 bits per heavy atom. The molecule has 0 amide bonds. The molecule has 2 aliphatic heterocycles. The van der Waals surface area contributed by atoms with Crippen LogP contribution in [0.25, 0.3) is 0 Å². The Hall–Kier alpha value is -3.23. The lowest BCUT2D eigenvalue weighted by Crippen LogP contribution is -2.12. The van der Waals surface area contributed by atoms with Gasteiger partial charge in [-0.2, -0.15) is 0 Å². The summed E-state index contributed by atoms with van der Waals surface area (Å²) in [6.07, 6.45) is -1.13. The van der Waals surface area contributed by atoms with E-state index in [1.54, 1.807) is 20.8 Å². The highest BCUT2D eigenvalue weighted by Gasteiger charge is 2.41. The van der Waals surface area contributed by atoms with E-state index < -0.39 is 24.8 Å². The number of hydrogen-bond acceptors (Lipinski definition) is 8. The Labute approximate surface area is 159 Å². The molecule has 0 saturated heterocycles. The van der Waals surface area contributed by atoms with Crippen molar-refractivity contribution in [1.82, 2.24) is 0 Å². The van der Waals surface area contributed by atoms with Gasteiger partial charge >= 0.3 is 11.9 Å². The minimum atomic E-state index is -1.60. The van der Waals surface area contributed by atoms with Crippen LogP contribution in [0.4, 0.5) is 0 Å². The number of carbonyl (C=O) groups is 3. The summed E-state index contributed by atoms with van der Waals surface area (Å²) >= 11 is 0. The number of aliphatic hydroxyl groups excluding tert-OH is 2. The molecule has 0 aromatic heterocycles. The number of aliphatic hydroxyl groups is 2. The number of rotatable bonds is 2. The Bertz CT molecular complexity index is 1080. The number of cyclic esters (lactones) is 1. The predicted molar refractivity (Wildman–Crippen MR) is 93.8 cm³/mol. The molecular formula is C20H16O8. The molecule has 4 rings (SSSR count). The van der Waals surface area contributed by atoms with Crippen molar-refractivity contribution in [2.45, 2.75) is 33.7 Å². The van der Waals surface area contributed by atoms with Crippen LogP contribution < -0.4 is 9.47 Å². The predicted octanol–water partition coefficient (Wildman–Crippen LogP) is 2.40.